The van der Waals surface area contributed by atoms with Crippen LogP contribution in [0, 0.1) is 5.92 Å². The quantitative estimate of drug-likeness (QED) is 0.299. The van der Waals surface area contributed by atoms with E-state index >= 15 is 0 Å². The minimum atomic E-state index is -3.55. The maximum absolute atomic E-state index is 13.8. The van der Waals surface area contributed by atoms with E-state index in [4.69, 9.17) is 11.6 Å². The lowest BCUT2D eigenvalue weighted by molar-refractivity contribution is -0.141. The van der Waals surface area contributed by atoms with E-state index in [0.717, 1.165) is 16.7 Å². The average Bonchev–Trinajstić information content (AvgIpc) is 2.92. The number of rotatable bonds is 13. The zero-order chi connectivity index (χ0) is 28.4. The minimum absolute atomic E-state index is 0.147. The Hall–Kier alpha value is -3.20. The molecule has 0 unspecified atom stereocenters. The minimum Gasteiger partial charge on any atom is -0.354 e. The Labute approximate surface area is 236 Å². The Bertz CT molecular complexity index is 1330. The van der Waals surface area contributed by atoms with Crippen LogP contribution in [0.2, 0.25) is 5.02 Å². The van der Waals surface area contributed by atoms with Crippen molar-refractivity contribution in [2.45, 2.75) is 51.1 Å². The van der Waals surface area contributed by atoms with E-state index in [2.05, 4.69) is 10.0 Å². The van der Waals surface area contributed by atoms with E-state index < -0.39 is 16.1 Å². The van der Waals surface area contributed by atoms with Crippen LogP contribution in [-0.4, -0.2) is 38.2 Å². The maximum Gasteiger partial charge on any atom is 0.247 e. The van der Waals surface area contributed by atoms with Gasteiger partial charge in [0, 0.05) is 31.1 Å². The number of hydrogen-bond acceptors (Lipinski definition) is 4. The van der Waals surface area contributed by atoms with Crippen LogP contribution in [-0.2, 0) is 32.6 Å². The van der Waals surface area contributed by atoms with Crippen molar-refractivity contribution in [3.05, 3.63) is 101 Å². The number of halogens is 1. The molecule has 0 bridgehead atoms. The summed E-state index contributed by atoms with van der Waals surface area (Å²) in [6, 6.07) is 22.2. The molecule has 2 N–H and O–H groups in total. The lowest BCUT2D eigenvalue weighted by atomic mass is 10.0. The largest absolute Gasteiger partial charge is 0.354 e. The molecule has 3 aromatic carbocycles. The first kappa shape index (κ1) is 30.3. The van der Waals surface area contributed by atoms with Gasteiger partial charge in [0.1, 0.15) is 6.04 Å². The Morgan fingerprint density at radius 1 is 0.897 bits per heavy atom. The van der Waals surface area contributed by atoms with Gasteiger partial charge in [0.05, 0.1) is 4.90 Å². The number of carbonyl (C=O) groups is 2. The summed E-state index contributed by atoms with van der Waals surface area (Å²) < 4.78 is 27.0. The number of amides is 2. The Kier molecular flexibility index (Phi) is 11.1. The van der Waals surface area contributed by atoms with Gasteiger partial charge in [-0.25, -0.2) is 13.1 Å². The molecule has 0 fully saturated rings. The third-order valence-electron chi connectivity index (χ3n) is 6.14. The predicted octanol–water partition coefficient (Wildman–Crippen LogP) is 5.11. The zero-order valence-electron chi connectivity index (χ0n) is 22.6. The number of carbonyl (C=O) groups excluding carboxylic acids is 2. The second kappa shape index (κ2) is 14.3. The number of nitrogens with zero attached hydrogens (tertiary/aromatic N) is 1. The highest BCUT2D eigenvalue weighted by Crippen LogP contribution is 2.26. The van der Waals surface area contributed by atoms with Crippen LogP contribution in [0.1, 0.15) is 49.9 Å². The van der Waals surface area contributed by atoms with Gasteiger partial charge in [-0.2, -0.15) is 0 Å². The van der Waals surface area contributed by atoms with Crippen LogP contribution in [0.3, 0.4) is 0 Å². The highest BCUT2D eigenvalue weighted by molar-refractivity contribution is 7.89. The summed E-state index contributed by atoms with van der Waals surface area (Å²) in [4.78, 5) is 29.1. The Morgan fingerprint density at radius 3 is 2.10 bits per heavy atom. The second-order valence-corrected chi connectivity index (χ2v) is 11.9. The number of benzene rings is 3. The zero-order valence-corrected chi connectivity index (χ0v) is 24.1. The van der Waals surface area contributed by atoms with Gasteiger partial charge in [-0.05, 0) is 53.3 Å². The van der Waals surface area contributed by atoms with Crippen molar-refractivity contribution in [3.8, 4) is 0 Å². The van der Waals surface area contributed by atoms with E-state index in [1.165, 1.54) is 12.1 Å². The molecule has 0 heterocycles. The maximum atomic E-state index is 13.8. The molecular weight excluding hydrogens is 534 g/mol. The summed E-state index contributed by atoms with van der Waals surface area (Å²) in [5.74, 6) is -0.178. The van der Waals surface area contributed by atoms with Gasteiger partial charge in [0.25, 0.3) is 0 Å². The normalized spacial score (nSPS) is 12.2. The fraction of sp³-hybridized carbons (Fsp3) is 0.333. The van der Waals surface area contributed by atoms with Gasteiger partial charge >= 0.3 is 0 Å². The molecule has 7 nitrogen and oxygen atoms in total. The van der Waals surface area contributed by atoms with Crippen LogP contribution in [0.25, 0.3) is 0 Å². The molecule has 208 valence electrons. The van der Waals surface area contributed by atoms with E-state index in [9.17, 15) is 18.0 Å². The average molecular weight is 570 g/mol. The molecule has 2 amide bonds. The van der Waals surface area contributed by atoms with Gasteiger partial charge < -0.3 is 10.2 Å². The molecule has 0 aliphatic heterocycles. The Balaban J connectivity index is 1.88. The molecule has 9 heteroatoms. The first-order valence-electron chi connectivity index (χ1n) is 13.1. The van der Waals surface area contributed by atoms with Gasteiger partial charge in [-0.3, -0.25) is 9.59 Å². The highest BCUT2D eigenvalue weighted by Gasteiger charge is 2.31. The first-order chi connectivity index (χ1) is 18.6. The molecule has 0 aliphatic rings. The van der Waals surface area contributed by atoms with Crippen LogP contribution >= 0.6 is 11.6 Å². The molecular formula is C30H36ClN3O4S. The summed E-state index contributed by atoms with van der Waals surface area (Å²) in [5.41, 5.74) is 2.40. The second-order valence-electron chi connectivity index (χ2n) is 9.75. The summed E-state index contributed by atoms with van der Waals surface area (Å²) in [7, 11) is -3.55. The molecule has 0 saturated heterocycles. The van der Waals surface area contributed by atoms with Crippen molar-refractivity contribution < 1.29 is 18.0 Å². The van der Waals surface area contributed by atoms with Gasteiger partial charge in [-0.15, -0.1) is 0 Å². The van der Waals surface area contributed by atoms with Gasteiger partial charge in [0.15, 0.2) is 0 Å². The van der Waals surface area contributed by atoms with Crippen molar-refractivity contribution in [2.75, 3.05) is 13.1 Å². The number of aryl methyl sites for hydroxylation is 1. The van der Waals surface area contributed by atoms with E-state index in [1.807, 2.05) is 56.3 Å². The smallest absolute Gasteiger partial charge is 0.247 e. The van der Waals surface area contributed by atoms with E-state index in [1.54, 1.807) is 36.1 Å². The topological polar surface area (TPSA) is 95.6 Å². The third-order valence-corrected chi connectivity index (χ3v) is 7.96. The molecule has 0 aromatic heterocycles. The summed E-state index contributed by atoms with van der Waals surface area (Å²) in [6.07, 6.45) is 0.542. The molecule has 0 spiro atoms. The molecule has 39 heavy (non-hydrogen) atoms. The van der Waals surface area contributed by atoms with Crippen LogP contribution in [0.4, 0.5) is 0 Å². The van der Waals surface area contributed by atoms with Crippen LogP contribution < -0.4 is 10.0 Å². The fourth-order valence-corrected chi connectivity index (χ4v) is 5.29. The summed E-state index contributed by atoms with van der Waals surface area (Å²) >= 11 is 6.08. The van der Waals surface area contributed by atoms with Crippen LogP contribution in [0.15, 0.2) is 83.8 Å². The lowest BCUT2D eigenvalue weighted by Crippen LogP contribution is -2.44. The highest BCUT2D eigenvalue weighted by atomic mass is 35.5. The number of hydrogen-bond donors (Lipinski definition) is 2. The van der Waals surface area contributed by atoms with Crippen molar-refractivity contribution in [3.63, 3.8) is 0 Å². The van der Waals surface area contributed by atoms with Gasteiger partial charge in [0.2, 0.25) is 21.8 Å². The molecule has 1 atom stereocenters. The summed E-state index contributed by atoms with van der Waals surface area (Å²) in [6.45, 7) is 6.78. The third kappa shape index (κ3) is 8.92. The molecule has 3 rings (SSSR count). The number of sulfonamides is 1. The van der Waals surface area contributed by atoms with Crippen LogP contribution in [0.5, 0.6) is 0 Å². The monoisotopic (exact) mass is 569 g/mol. The standard InChI is InChI=1S/C30H36ClN3O4S/c1-4-33-39(37,38)27-17-12-23(13-18-27)14-19-28(35)34(21-24-10-15-26(31)16-11-24)29(25-8-6-5-7-9-25)30(36)32-20-22(2)3/h5-13,15-18,22,29,33H,4,14,19-21H2,1-3H3,(H,32,36)/t29-/m1/s1. The van der Waals surface area contributed by atoms with Crippen molar-refractivity contribution in [1.82, 2.24) is 14.9 Å². The van der Waals surface area contributed by atoms with Crippen molar-refractivity contribution in [2.24, 2.45) is 5.92 Å². The first-order valence-corrected chi connectivity index (χ1v) is 14.9. The van der Waals surface area contributed by atoms with E-state index in [0.29, 0.717) is 24.5 Å². The molecule has 0 radical (unpaired) electrons. The molecule has 3 aromatic rings. The molecule has 0 aliphatic carbocycles. The lowest BCUT2D eigenvalue weighted by Gasteiger charge is -2.32. The van der Waals surface area contributed by atoms with Crippen molar-refractivity contribution >= 4 is 33.4 Å². The SMILES string of the molecule is CCNS(=O)(=O)c1ccc(CCC(=O)N(Cc2ccc(Cl)cc2)[C@@H](C(=O)NCC(C)C)c2ccccc2)cc1. The number of nitrogens with one attached hydrogen (secondary N) is 2. The fourth-order valence-electron chi connectivity index (χ4n) is 4.12. The summed E-state index contributed by atoms with van der Waals surface area (Å²) in [5, 5.41) is 3.59. The van der Waals surface area contributed by atoms with Crippen molar-refractivity contribution in [1.29, 1.82) is 0 Å². The Morgan fingerprint density at radius 2 is 1.51 bits per heavy atom. The predicted molar refractivity (Wildman–Crippen MR) is 155 cm³/mol. The van der Waals surface area contributed by atoms with E-state index in [-0.39, 0.29) is 35.6 Å². The molecule has 0 saturated carbocycles. The van der Waals surface area contributed by atoms with Gasteiger partial charge in [-0.1, -0.05) is 87.0 Å².